The fourth-order valence-electron chi connectivity index (χ4n) is 2.24. The Bertz CT molecular complexity index is 1010. The van der Waals surface area contributed by atoms with E-state index in [1.54, 1.807) is 59.8 Å². The molecule has 0 bridgehead atoms. The number of hydrogen-bond donors (Lipinski definition) is 1. The Labute approximate surface area is 136 Å². The number of hydrogen-bond acceptors (Lipinski definition) is 6. The van der Waals surface area contributed by atoms with Crippen LogP contribution in [0, 0.1) is 0 Å². The molecule has 3 heterocycles. The van der Waals surface area contributed by atoms with Crippen molar-refractivity contribution >= 4 is 22.8 Å². The molecule has 24 heavy (non-hydrogen) atoms. The number of nitrogens with zero attached hydrogens (tertiary/aromatic N) is 6. The van der Waals surface area contributed by atoms with Crippen LogP contribution in [0.3, 0.4) is 0 Å². The van der Waals surface area contributed by atoms with Gasteiger partial charge in [0.2, 0.25) is 0 Å². The normalized spacial score (nSPS) is 10.7. The number of carbonyl (C=O) groups excluding carboxylic acids is 1. The monoisotopic (exact) mass is 317 g/mol. The van der Waals surface area contributed by atoms with Crippen LogP contribution in [0.15, 0.2) is 61.4 Å². The topological polar surface area (TPSA) is 98.5 Å². The lowest BCUT2D eigenvalue weighted by Crippen LogP contribution is -2.13. The summed E-state index contributed by atoms with van der Waals surface area (Å²) in [5.74, 6) is 0.669. The fraction of sp³-hybridized carbons (Fsp3) is 0. The molecule has 0 saturated heterocycles. The van der Waals surface area contributed by atoms with Gasteiger partial charge in [0, 0.05) is 36.4 Å². The molecule has 0 spiro atoms. The molecule has 0 atom stereocenters. The van der Waals surface area contributed by atoms with E-state index < -0.39 is 0 Å². The zero-order chi connectivity index (χ0) is 16.4. The Morgan fingerprint density at radius 3 is 2.67 bits per heavy atom. The summed E-state index contributed by atoms with van der Waals surface area (Å²) in [6, 6.07) is 8.57. The minimum absolute atomic E-state index is 0.285. The number of fused-ring (bicyclic) bond motifs is 1. The van der Waals surface area contributed by atoms with Gasteiger partial charge in [0.05, 0.1) is 11.0 Å². The summed E-state index contributed by atoms with van der Waals surface area (Å²) in [5.41, 5.74) is 1.87. The Hall–Kier alpha value is -3.68. The molecule has 0 radical (unpaired) electrons. The lowest BCUT2D eigenvalue weighted by molar-refractivity contribution is 0.102. The lowest BCUT2D eigenvalue weighted by atomic mass is 10.2. The Kier molecular flexibility index (Phi) is 3.39. The summed E-state index contributed by atoms with van der Waals surface area (Å²) in [4.78, 5) is 29.0. The van der Waals surface area contributed by atoms with Crippen molar-refractivity contribution in [2.45, 2.75) is 0 Å². The summed E-state index contributed by atoms with van der Waals surface area (Å²) >= 11 is 0. The van der Waals surface area contributed by atoms with Crippen LogP contribution in [0.2, 0.25) is 0 Å². The largest absolute Gasteiger partial charge is 0.306 e. The van der Waals surface area contributed by atoms with E-state index in [1.165, 1.54) is 6.33 Å². The highest BCUT2D eigenvalue weighted by Crippen LogP contribution is 2.13. The maximum absolute atomic E-state index is 12.4. The quantitative estimate of drug-likeness (QED) is 0.619. The first-order chi connectivity index (χ1) is 11.8. The first kappa shape index (κ1) is 13.9. The van der Waals surface area contributed by atoms with Crippen LogP contribution in [-0.4, -0.2) is 35.6 Å². The van der Waals surface area contributed by atoms with Crippen molar-refractivity contribution in [3.63, 3.8) is 0 Å². The number of carbonyl (C=O) groups is 1. The van der Waals surface area contributed by atoms with Crippen LogP contribution >= 0.6 is 0 Å². The van der Waals surface area contributed by atoms with E-state index in [-0.39, 0.29) is 5.91 Å². The minimum Gasteiger partial charge on any atom is -0.306 e. The molecule has 1 aromatic carbocycles. The number of aromatic nitrogens is 6. The van der Waals surface area contributed by atoms with Crippen molar-refractivity contribution in [1.82, 2.24) is 29.7 Å². The number of nitrogens with one attached hydrogen (secondary N) is 1. The SMILES string of the molecule is O=C(Nc1cc(-n2cccn2)ncn1)c1ccc2nccnc2c1. The van der Waals surface area contributed by atoms with Crippen molar-refractivity contribution in [2.24, 2.45) is 0 Å². The third kappa shape index (κ3) is 2.68. The van der Waals surface area contributed by atoms with Gasteiger partial charge in [-0.05, 0) is 24.3 Å². The second-order valence-electron chi connectivity index (χ2n) is 4.93. The van der Waals surface area contributed by atoms with Crippen LogP contribution in [0.5, 0.6) is 0 Å². The van der Waals surface area contributed by atoms with E-state index in [0.29, 0.717) is 22.7 Å². The van der Waals surface area contributed by atoms with Crippen molar-refractivity contribution in [2.75, 3.05) is 5.32 Å². The van der Waals surface area contributed by atoms with Gasteiger partial charge in [-0.15, -0.1) is 0 Å². The Morgan fingerprint density at radius 2 is 1.83 bits per heavy atom. The highest BCUT2D eigenvalue weighted by molar-refractivity contribution is 6.05. The van der Waals surface area contributed by atoms with Gasteiger partial charge < -0.3 is 5.32 Å². The summed E-state index contributed by atoms with van der Waals surface area (Å²) in [7, 11) is 0. The predicted molar refractivity (Wildman–Crippen MR) is 86.6 cm³/mol. The second kappa shape index (κ2) is 5.84. The van der Waals surface area contributed by atoms with Gasteiger partial charge in [0.15, 0.2) is 5.82 Å². The van der Waals surface area contributed by atoms with Crippen molar-refractivity contribution in [3.8, 4) is 5.82 Å². The molecule has 3 aromatic heterocycles. The first-order valence-electron chi connectivity index (χ1n) is 7.14. The molecule has 1 amide bonds. The van der Waals surface area contributed by atoms with Crippen LogP contribution in [0.25, 0.3) is 16.9 Å². The molecule has 0 aliphatic carbocycles. The van der Waals surface area contributed by atoms with Gasteiger partial charge >= 0.3 is 0 Å². The molecule has 0 saturated carbocycles. The van der Waals surface area contributed by atoms with Gasteiger partial charge in [-0.3, -0.25) is 14.8 Å². The third-order valence-corrected chi connectivity index (χ3v) is 3.36. The molecule has 4 aromatic rings. The molecule has 0 unspecified atom stereocenters. The molecular formula is C16H11N7O. The maximum Gasteiger partial charge on any atom is 0.256 e. The highest BCUT2D eigenvalue weighted by Gasteiger charge is 2.09. The van der Waals surface area contributed by atoms with Gasteiger partial charge in [-0.25, -0.2) is 14.6 Å². The summed E-state index contributed by atoms with van der Waals surface area (Å²) in [6.45, 7) is 0. The summed E-state index contributed by atoms with van der Waals surface area (Å²) < 4.78 is 1.59. The molecule has 0 fully saturated rings. The molecule has 116 valence electrons. The highest BCUT2D eigenvalue weighted by atomic mass is 16.1. The zero-order valence-electron chi connectivity index (χ0n) is 12.4. The standard InChI is InChI=1S/C16H11N7O/c24-16(11-2-3-12-13(8-11)18-6-5-17-12)22-14-9-15(20-10-19-14)23-7-1-4-21-23/h1-10H,(H,19,20,22,24). The Balaban J connectivity index is 1.60. The smallest absolute Gasteiger partial charge is 0.256 e. The van der Waals surface area contributed by atoms with E-state index in [2.05, 4.69) is 30.4 Å². The zero-order valence-corrected chi connectivity index (χ0v) is 12.4. The van der Waals surface area contributed by atoms with Crippen LogP contribution in [0.4, 0.5) is 5.82 Å². The number of rotatable bonds is 3. The van der Waals surface area contributed by atoms with E-state index in [4.69, 9.17) is 0 Å². The number of anilines is 1. The van der Waals surface area contributed by atoms with Crippen LogP contribution in [-0.2, 0) is 0 Å². The minimum atomic E-state index is -0.285. The molecule has 8 heteroatoms. The number of amides is 1. The first-order valence-corrected chi connectivity index (χ1v) is 7.14. The molecule has 4 rings (SSSR count). The molecule has 0 aliphatic rings. The van der Waals surface area contributed by atoms with E-state index >= 15 is 0 Å². The van der Waals surface area contributed by atoms with Gasteiger partial charge in [0.1, 0.15) is 12.1 Å². The summed E-state index contributed by atoms with van der Waals surface area (Å²) in [5, 5.41) is 6.84. The maximum atomic E-state index is 12.4. The molecule has 8 nitrogen and oxygen atoms in total. The van der Waals surface area contributed by atoms with Gasteiger partial charge in [-0.1, -0.05) is 0 Å². The van der Waals surface area contributed by atoms with Crippen LogP contribution < -0.4 is 5.32 Å². The van der Waals surface area contributed by atoms with Crippen molar-refractivity contribution in [1.29, 1.82) is 0 Å². The molecular weight excluding hydrogens is 306 g/mol. The predicted octanol–water partition coefficient (Wildman–Crippen LogP) is 1.86. The third-order valence-electron chi connectivity index (χ3n) is 3.36. The second-order valence-corrected chi connectivity index (χ2v) is 4.93. The average Bonchev–Trinajstić information content (AvgIpc) is 3.16. The van der Waals surface area contributed by atoms with Crippen molar-refractivity contribution in [3.05, 3.63) is 67.0 Å². The number of benzene rings is 1. The van der Waals surface area contributed by atoms with E-state index in [9.17, 15) is 4.79 Å². The van der Waals surface area contributed by atoms with Gasteiger partial charge in [0.25, 0.3) is 5.91 Å². The fourth-order valence-corrected chi connectivity index (χ4v) is 2.24. The summed E-state index contributed by atoms with van der Waals surface area (Å²) in [6.07, 6.45) is 7.98. The van der Waals surface area contributed by atoms with Gasteiger partial charge in [-0.2, -0.15) is 5.10 Å². The molecule has 1 N–H and O–H groups in total. The van der Waals surface area contributed by atoms with E-state index in [1.807, 2.05) is 0 Å². The molecule has 0 aliphatic heterocycles. The van der Waals surface area contributed by atoms with Crippen molar-refractivity contribution < 1.29 is 4.79 Å². The van der Waals surface area contributed by atoms with E-state index in [0.717, 1.165) is 5.52 Å². The van der Waals surface area contributed by atoms with Crippen LogP contribution in [0.1, 0.15) is 10.4 Å². The lowest BCUT2D eigenvalue weighted by Gasteiger charge is -2.06. The average molecular weight is 317 g/mol. The Morgan fingerprint density at radius 1 is 0.958 bits per heavy atom.